The van der Waals surface area contributed by atoms with Crippen LogP contribution in [-0.2, 0) is 21.1 Å². The molecule has 0 aliphatic carbocycles. The lowest BCUT2D eigenvalue weighted by Crippen LogP contribution is -2.60. The van der Waals surface area contributed by atoms with E-state index in [-0.39, 0.29) is 12.6 Å². The number of hydrogen-bond acceptors (Lipinski definition) is 4. The molecule has 25 heavy (non-hydrogen) atoms. The Kier molecular flexibility index (Phi) is 5.21. The Morgan fingerprint density at radius 1 is 1.20 bits per heavy atom. The average Bonchev–Trinajstić information content (AvgIpc) is 2.41. The smallest absolute Gasteiger partial charge is 0.317 e. The highest BCUT2D eigenvalue weighted by atomic mass is 32.2. The predicted octanol–water partition coefficient (Wildman–Crippen LogP) is 2.50. The van der Waals surface area contributed by atoms with Crippen LogP contribution in [0.4, 0.5) is 4.79 Å². The lowest BCUT2D eigenvalue weighted by atomic mass is 9.99. The van der Waals surface area contributed by atoms with Gasteiger partial charge in [0.1, 0.15) is 0 Å². The summed E-state index contributed by atoms with van der Waals surface area (Å²) in [5.41, 5.74) is 0.638. The van der Waals surface area contributed by atoms with E-state index in [0.29, 0.717) is 23.5 Å². The monoisotopic (exact) mass is 368 g/mol. The van der Waals surface area contributed by atoms with Gasteiger partial charge in [-0.15, -0.1) is 0 Å². The van der Waals surface area contributed by atoms with Gasteiger partial charge in [-0.3, -0.25) is 0 Å². The van der Waals surface area contributed by atoms with Crippen LogP contribution in [0.3, 0.4) is 0 Å². The van der Waals surface area contributed by atoms with Gasteiger partial charge in [-0.25, -0.2) is 13.2 Å². The summed E-state index contributed by atoms with van der Waals surface area (Å²) >= 11 is 0. The molecule has 2 rings (SSSR count). The van der Waals surface area contributed by atoms with Crippen molar-refractivity contribution in [1.82, 2.24) is 10.2 Å². The van der Waals surface area contributed by atoms with Gasteiger partial charge in [-0.2, -0.15) is 0 Å². The minimum atomic E-state index is -3.29. The van der Waals surface area contributed by atoms with Crippen LogP contribution in [-0.4, -0.2) is 49.9 Å². The topological polar surface area (TPSA) is 75.7 Å². The standard InChI is InChI=1S/C18H28N2O4S/c1-13-7-8-14(9-15(13)25(6,22)23)10-19-16(21)20-11-17(2,3)24-18(4,5)12-20/h7-9H,10-12H2,1-6H3,(H,19,21). The fourth-order valence-corrected chi connectivity index (χ4v) is 4.39. The molecule has 0 atom stereocenters. The van der Waals surface area contributed by atoms with Crippen LogP contribution in [0.2, 0.25) is 0 Å². The summed E-state index contributed by atoms with van der Waals surface area (Å²) in [7, 11) is -3.29. The highest BCUT2D eigenvalue weighted by molar-refractivity contribution is 7.90. The molecule has 0 radical (unpaired) electrons. The predicted molar refractivity (Wildman–Crippen MR) is 97.3 cm³/mol. The molecule has 1 aliphatic rings. The number of nitrogens with zero attached hydrogens (tertiary/aromatic N) is 1. The minimum absolute atomic E-state index is 0.175. The number of rotatable bonds is 3. The first kappa shape index (κ1) is 19.7. The van der Waals surface area contributed by atoms with E-state index >= 15 is 0 Å². The van der Waals surface area contributed by atoms with Crippen molar-refractivity contribution in [2.75, 3.05) is 19.3 Å². The van der Waals surface area contributed by atoms with Gasteiger partial charge in [0.05, 0.1) is 29.2 Å². The summed E-state index contributed by atoms with van der Waals surface area (Å²) in [6.07, 6.45) is 1.19. The Balaban J connectivity index is 2.08. The van der Waals surface area contributed by atoms with E-state index in [1.807, 2.05) is 33.8 Å². The van der Waals surface area contributed by atoms with E-state index < -0.39 is 21.0 Å². The fourth-order valence-electron chi connectivity index (χ4n) is 3.37. The van der Waals surface area contributed by atoms with Crippen LogP contribution in [0.5, 0.6) is 0 Å². The summed E-state index contributed by atoms with van der Waals surface area (Å²) < 4.78 is 29.6. The third-order valence-corrected chi connectivity index (χ3v) is 5.32. The number of ether oxygens (including phenoxy) is 1. The van der Waals surface area contributed by atoms with Crippen LogP contribution in [0.25, 0.3) is 0 Å². The van der Waals surface area contributed by atoms with Gasteiger partial charge in [0.25, 0.3) is 0 Å². The maximum absolute atomic E-state index is 12.5. The van der Waals surface area contributed by atoms with Crippen LogP contribution < -0.4 is 5.32 Å². The van der Waals surface area contributed by atoms with E-state index in [1.54, 1.807) is 24.0 Å². The molecule has 1 fully saturated rings. The molecule has 1 aliphatic heterocycles. The Morgan fingerprint density at radius 2 is 1.76 bits per heavy atom. The third-order valence-electron chi connectivity index (χ3n) is 4.08. The maximum Gasteiger partial charge on any atom is 0.317 e. The molecule has 0 unspecified atom stereocenters. The van der Waals surface area contributed by atoms with Crippen molar-refractivity contribution in [3.63, 3.8) is 0 Å². The van der Waals surface area contributed by atoms with Crippen molar-refractivity contribution >= 4 is 15.9 Å². The second-order valence-electron chi connectivity index (χ2n) is 8.01. The summed E-state index contributed by atoms with van der Waals surface area (Å²) in [5.74, 6) is 0. The van der Waals surface area contributed by atoms with Crippen LogP contribution in [0, 0.1) is 6.92 Å². The number of aryl methyl sites for hydroxylation is 1. The fraction of sp³-hybridized carbons (Fsp3) is 0.611. The number of urea groups is 1. The summed E-state index contributed by atoms with van der Waals surface area (Å²) in [6, 6.07) is 5.04. The Morgan fingerprint density at radius 3 is 2.28 bits per heavy atom. The normalized spacial score (nSPS) is 19.5. The van der Waals surface area contributed by atoms with Crippen molar-refractivity contribution < 1.29 is 17.9 Å². The highest BCUT2D eigenvalue weighted by Gasteiger charge is 2.39. The Hall–Kier alpha value is -1.60. The average molecular weight is 368 g/mol. The molecule has 1 aromatic rings. The van der Waals surface area contributed by atoms with Crippen molar-refractivity contribution in [1.29, 1.82) is 0 Å². The SMILES string of the molecule is Cc1ccc(CNC(=O)N2CC(C)(C)OC(C)(C)C2)cc1S(C)(=O)=O. The zero-order valence-electron chi connectivity index (χ0n) is 15.8. The van der Waals surface area contributed by atoms with E-state index in [4.69, 9.17) is 4.74 Å². The minimum Gasteiger partial charge on any atom is -0.366 e. The van der Waals surface area contributed by atoms with Gasteiger partial charge >= 0.3 is 6.03 Å². The molecule has 0 spiro atoms. The first-order valence-electron chi connectivity index (χ1n) is 8.32. The van der Waals surface area contributed by atoms with E-state index in [1.165, 1.54) is 6.26 Å². The number of nitrogens with one attached hydrogen (secondary N) is 1. The molecule has 1 aromatic carbocycles. The second-order valence-corrected chi connectivity index (χ2v) is 9.99. The van der Waals surface area contributed by atoms with Gasteiger partial charge in [-0.05, 0) is 51.8 Å². The third kappa shape index (κ3) is 5.19. The lowest BCUT2D eigenvalue weighted by molar-refractivity contribution is -0.170. The zero-order chi connectivity index (χ0) is 19.0. The number of carbonyl (C=O) groups excluding carboxylic acids is 1. The Bertz CT molecular complexity index is 753. The number of sulfone groups is 1. The Labute approximate surface area is 150 Å². The molecule has 0 saturated carbocycles. The van der Waals surface area contributed by atoms with Gasteiger partial charge in [-0.1, -0.05) is 12.1 Å². The van der Waals surface area contributed by atoms with E-state index in [2.05, 4.69) is 5.32 Å². The van der Waals surface area contributed by atoms with Crippen LogP contribution >= 0.6 is 0 Å². The number of amides is 2. The molecule has 1 saturated heterocycles. The van der Waals surface area contributed by atoms with Crippen molar-refractivity contribution in [2.24, 2.45) is 0 Å². The van der Waals surface area contributed by atoms with Crippen LogP contribution in [0.15, 0.2) is 23.1 Å². The molecule has 7 heteroatoms. The molecule has 2 amide bonds. The van der Waals surface area contributed by atoms with E-state index in [0.717, 1.165) is 5.56 Å². The number of benzene rings is 1. The highest BCUT2D eigenvalue weighted by Crippen LogP contribution is 2.28. The first-order valence-corrected chi connectivity index (χ1v) is 10.2. The molecule has 1 heterocycles. The van der Waals surface area contributed by atoms with Gasteiger partial charge in [0.15, 0.2) is 9.84 Å². The van der Waals surface area contributed by atoms with Crippen molar-refractivity contribution in [3.8, 4) is 0 Å². The number of hydrogen-bond donors (Lipinski definition) is 1. The quantitative estimate of drug-likeness (QED) is 0.889. The first-order chi connectivity index (χ1) is 11.3. The summed E-state index contributed by atoms with van der Waals surface area (Å²) in [4.78, 5) is 14.6. The lowest BCUT2D eigenvalue weighted by Gasteiger charge is -2.47. The summed E-state index contributed by atoms with van der Waals surface area (Å²) in [6.45, 7) is 10.9. The second kappa shape index (κ2) is 6.61. The van der Waals surface area contributed by atoms with Gasteiger partial charge in [0, 0.05) is 12.8 Å². The van der Waals surface area contributed by atoms with Gasteiger partial charge < -0.3 is 15.0 Å². The van der Waals surface area contributed by atoms with Gasteiger partial charge in [0.2, 0.25) is 0 Å². The molecule has 0 aromatic heterocycles. The van der Waals surface area contributed by atoms with Crippen LogP contribution in [0.1, 0.15) is 38.8 Å². The molecular formula is C18H28N2O4S. The number of carbonyl (C=O) groups is 1. The molecule has 0 bridgehead atoms. The van der Waals surface area contributed by atoms with E-state index in [9.17, 15) is 13.2 Å². The number of morpholine rings is 1. The molecule has 6 nitrogen and oxygen atoms in total. The molecule has 140 valence electrons. The zero-order valence-corrected chi connectivity index (χ0v) is 16.7. The van der Waals surface area contributed by atoms with Crippen molar-refractivity contribution in [3.05, 3.63) is 29.3 Å². The van der Waals surface area contributed by atoms with Crippen molar-refractivity contribution in [2.45, 2.75) is 57.3 Å². The summed E-state index contributed by atoms with van der Waals surface area (Å²) in [5, 5.41) is 2.88. The maximum atomic E-state index is 12.5. The largest absolute Gasteiger partial charge is 0.366 e. The molecule has 1 N–H and O–H groups in total. The molecular weight excluding hydrogens is 340 g/mol.